The van der Waals surface area contributed by atoms with Crippen LogP contribution in [0.1, 0.15) is 84.7 Å². The van der Waals surface area contributed by atoms with E-state index in [2.05, 4.69) is 53.3 Å². The molecule has 12 nitrogen and oxygen atoms in total. The van der Waals surface area contributed by atoms with Crippen LogP contribution in [0.3, 0.4) is 0 Å². The Morgan fingerprint density at radius 3 is 1.25 bits per heavy atom. The molecular weight excluding hydrogens is 964 g/mol. The zero-order valence-corrected chi connectivity index (χ0v) is 44.1. The lowest BCUT2D eigenvalue weighted by molar-refractivity contribution is -0.151. The van der Waals surface area contributed by atoms with Crippen molar-refractivity contribution >= 4 is 46.5 Å². The van der Waals surface area contributed by atoms with Gasteiger partial charge < -0.3 is 29.5 Å². The molecule has 2 saturated heterocycles. The van der Waals surface area contributed by atoms with Crippen LogP contribution < -0.4 is 5.32 Å². The van der Waals surface area contributed by atoms with Gasteiger partial charge in [0.15, 0.2) is 0 Å². The lowest BCUT2D eigenvalue weighted by atomic mass is 9.90. The molecule has 2 fully saturated rings. The van der Waals surface area contributed by atoms with Crippen LogP contribution in [0, 0.1) is 0 Å². The third-order valence-corrected chi connectivity index (χ3v) is 13.6. The number of rotatable bonds is 18. The number of methoxy groups -OCH3 is 2. The van der Waals surface area contributed by atoms with E-state index in [1.807, 2.05) is 150 Å². The predicted molar refractivity (Wildman–Crippen MR) is 293 cm³/mol. The van der Waals surface area contributed by atoms with Gasteiger partial charge in [-0.2, -0.15) is 0 Å². The van der Waals surface area contributed by atoms with Crippen LogP contribution in [0.4, 0.5) is 0 Å². The zero-order valence-electron chi connectivity index (χ0n) is 43.3. The number of likely N-dealkylation sites (tertiary alicyclic amines) is 2. The van der Waals surface area contributed by atoms with Crippen molar-refractivity contribution in [1.82, 2.24) is 20.0 Å². The summed E-state index contributed by atoms with van der Waals surface area (Å²) >= 11 is 4.64. The van der Waals surface area contributed by atoms with Crippen LogP contribution in [0.2, 0.25) is 0 Å². The zero-order chi connectivity index (χ0) is 53.5. The normalized spacial score (nSPS) is 16.7. The van der Waals surface area contributed by atoms with Crippen molar-refractivity contribution in [1.29, 1.82) is 0 Å². The van der Waals surface area contributed by atoms with Crippen molar-refractivity contribution in [2.24, 2.45) is 0 Å². The number of hydrogen-bond acceptors (Lipinski definition) is 9. The van der Waals surface area contributed by atoms with E-state index in [0.717, 1.165) is 54.5 Å². The first kappa shape index (κ1) is 56.9. The van der Waals surface area contributed by atoms with Crippen molar-refractivity contribution in [3.05, 3.63) is 215 Å². The summed E-state index contributed by atoms with van der Waals surface area (Å²) in [5.41, 5.74) is 6.08. The van der Waals surface area contributed by atoms with Crippen molar-refractivity contribution in [3.63, 3.8) is 0 Å². The summed E-state index contributed by atoms with van der Waals surface area (Å²) in [5, 5.41) is 3.20. The number of halogens is 1. The SMILES string of the molecule is CC(=O)Cl.COC(=O)[C@@H]1C[C@H](N(CCCc2ccccc2)C(C)=O)CN1C(=O)C(c1ccccc1)c1ccccc1.COC(=O)[C@@H]1C[C@H](NCCCc2ccccc2)CN1C(=O)C(c1ccccc1)c1ccccc1. The van der Waals surface area contributed by atoms with Crippen LogP contribution in [-0.4, -0.2) is 114 Å². The van der Waals surface area contributed by atoms with E-state index in [9.17, 15) is 28.8 Å². The lowest BCUT2D eigenvalue weighted by Gasteiger charge is -2.30. The number of ether oxygens (including phenoxy) is 2. The van der Waals surface area contributed by atoms with Gasteiger partial charge in [0, 0.05) is 45.9 Å². The molecule has 6 aromatic carbocycles. The fraction of sp³-hybridized carbons (Fsp3) is 0.323. The van der Waals surface area contributed by atoms with Gasteiger partial charge in [0.25, 0.3) is 0 Å². The maximum absolute atomic E-state index is 14.1. The third-order valence-electron chi connectivity index (χ3n) is 13.6. The number of benzene rings is 6. The quantitative estimate of drug-likeness (QED) is 0.0506. The number of hydrogen-bond donors (Lipinski definition) is 1. The van der Waals surface area contributed by atoms with Gasteiger partial charge in [0.1, 0.15) is 12.1 Å². The van der Waals surface area contributed by atoms with Crippen molar-refractivity contribution in [2.75, 3.05) is 40.4 Å². The molecule has 2 heterocycles. The van der Waals surface area contributed by atoms with Gasteiger partial charge in [0.05, 0.1) is 32.1 Å². The van der Waals surface area contributed by atoms with Gasteiger partial charge in [-0.1, -0.05) is 182 Å². The van der Waals surface area contributed by atoms with Gasteiger partial charge >= 0.3 is 11.9 Å². The molecule has 0 spiro atoms. The summed E-state index contributed by atoms with van der Waals surface area (Å²) in [4.78, 5) is 80.6. The first-order valence-electron chi connectivity index (χ1n) is 25.6. The highest BCUT2D eigenvalue weighted by Gasteiger charge is 2.46. The first-order valence-corrected chi connectivity index (χ1v) is 26.0. The Morgan fingerprint density at radius 1 is 0.533 bits per heavy atom. The number of amides is 3. The molecule has 6 aromatic rings. The minimum Gasteiger partial charge on any atom is -0.467 e. The second kappa shape index (κ2) is 29.5. The highest BCUT2D eigenvalue weighted by molar-refractivity contribution is 6.62. The lowest BCUT2D eigenvalue weighted by Crippen LogP contribution is -2.45. The predicted octanol–water partition coefficient (Wildman–Crippen LogP) is 9.40. The number of aryl methyl sites for hydroxylation is 2. The summed E-state index contributed by atoms with van der Waals surface area (Å²) in [6.45, 7) is 5.01. The first-order chi connectivity index (χ1) is 36.4. The molecule has 0 saturated carbocycles. The third kappa shape index (κ3) is 16.5. The van der Waals surface area contributed by atoms with Crippen molar-refractivity contribution in [2.45, 2.75) is 88.4 Å². The fourth-order valence-corrected chi connectivity index (χ4v) is 10.0. The number of carbonyl (C=O) groups excluding carboxylic acids is 6. The van der Waals surface area contributed by atoms with E-state index < -0.39 is 29.9 Å². The molecule has 2 aliphatic rings. The monoisotopic (exact) mass is 1030 g/mol. The largest absolute Gasteiger partial charge is 0.467 e. The molecular formula is C62H69ClN4O8. The molecule has 0 unspecified atom stereocenters. The Hall–Kier alpha value is -7.41. The molecule has 0 aliphatic carbocycles. The molecule has 1 N–H and O–H groups in total. The van der Waals surface area contributed by atoms with Crippen LogP contribution in [0.5, 0.6) is 0 Å². The molecule has 392 valence electrons. The molecule has 4 atom stereocenters. The maximum atomic E-state index is 14.1. The van der Waals surface area contributed by atoms with Crippen molar-refractivity contribution < 1.29 is 38.2 Å². The van der Waals surface area contributed by atoms with Crippen LogP contribution in [-0.2, 0) is 51.1 Å². The second-order valence-electron chi connectivity index (χ2n) is 18.7. The average Bonchev–Trinajstić information content (AvgIpc) is 4.09. The smallest absolute Gasteiger partial charge is 0.328 e. The van der Waals surface area contributed by atoms with Crippen LogP contribution in [0.15, 0.2) is 182 Å². The molecule has 0 radical (unpaired) electrons. The summed E-state index contributed by atoms with van der Waals surface area (Å²) < 4.78 is 10.2. The molecule has 0 aromatic heterocycles. The van der Waals surface area contributed by atoms with E-state index in [1.165, 1.54) is 32.3 Å². The van der Waals surface area contributed by atoms with E-state index >= 15 is 0 Å². The van der Waals surface area contributed by atoms with Crippen LogP contribution in [0.25, 0.3) is 0 Å². The number of nitrogens with zero attached hydrogens (tertiary/aromatic N) is 3. The van der Waals surface area contributed by atoms with E-state index in [0.29, 0.717) is 32.5 Å². The van der Waals surface area contributed by atoms with Crippen molar-refractivity contribution in [3.8, 4) is 0 Å². The Bertz CT molecular complexity index is 2640. The maximum Gasteiger partial charge on any atom is 0.328 e. The standard InChI is InChI=1S/C31H34N2O4.C29H32N2O3.C2H3ClO/c1-23(34)32(20-12-15-24-13-6-3-7-14-24)27-21-28(31(36)37-2)33(22-27)30(35)29(25-16-8-4-9-17-25)26-18-10-5-11-19-26;1-34-29(33)26-20-25(30-19-11-14-22-12-5-2-6-13-22)21-31(26)28(32)27(23-15-7-3-8-16-23)24-17-9-4-10-18-24;1-2(3)4/h3-11,13-14,16-19,27-29H,12,15,20-22H2,1-2H3;2-10,12-13,15-18,25-27,30H,11,14,19-21H2,1H3;1H3/t27-,28-;25-,26-;/m00./s1. The average molecular weight is 1030 g/mol. The molecule has 2 aliphatic heterocycles. The molecule has 13 heteroatoms. The number of esters is 2. The number of carbonyl (C=O) groups is 6. The Kier molecular flexibility index (Phi) is 22.4. The van der Waals surface area contributed by atoms with Gasteiger partial charge in [-0.25, -0.2) is 9.59 Å². The Labute approximate surface area is 447 Å². The summed E-state index contributed by atoms with van der Waals surface area (Å²) in [6.07, 6.45) is 4.56. The van der Waals surface area contributed by atoms with Crippen LogP contribution >= 0.6 is 11.6 Å². The highest BCUT2D eigenvalue weighted by Crippen LogP contribution is 2.34. The molecule has 75 heavy (non-hydrogen) atoms. The minimum atomic E-state index is -0.742. The Balaban J connectivity index is 0.000000228. The summed E-state index contributed by atoms with van der Waals surface area (Å²) in [5.74, 6) is -2.13. The second-order valence-corrected chi connectivity index (χ2v) is 19.2. The highest BCUT2D eigenvalue weighted by atomic mass is 35.5. The molecule has 8 rings (SSSR count). The van der Waals surface area contributed by atoms with E-state index in [4.69, 9.17) is 9.47 Å². The molecule has 0 bridgehead atoms. The molecule has 3 amide bonds. The summed E-state index contributed by atoms with van der Waals surface area (Å²) in [7, 11) is 2.73. The van der Waals surface area contributed by atoms with Gasteiger partial charge in [0.2, 0.25) is 23.0 Å². The topological polar surface area (TPSA) is 143 Å². The van der Waals surface area contributed by atoms with Gasteiger partial charge in [-0.05, 0) is 83.6 Å². The summed E-state index contributed by atoms with van der Waals surface area (Å²) in [6, 6.07) is 57.8. The van der Waals surface area contributed by atoms with E-state index in [1.54, 1.807) is 16.7 Å². The van der Waals surface area contributed by atoms with Gasteiger partial charge in [-0.3, -0.25) is 19.2 Å². The van der Waals surface area contributed by atoms with E-state index in [-0.39, 0.29) is 41.0 Å². The number of nitrogens with one attached hydrogen (secondary N) is 1. The van der Waals surface area contributed by atoms with Gasteiger partial charge in [-0.15, -0.1) is 0 Å². The fourth-order valence-electron chi connectivity index (χ4n) is 10.0. The Morgan fingerprint density at radius 2 is 0.880 bits per heavy atom. The minimum absolute atomic E-state index is 0.0519.